The fourth-order valence-corrected chi connectivity index (χ4v) is 2.15. The van der Waals surface area contributed by atoms with Crippen LogP contribution in [-0.2, 0) is 4.74 Å². The molecule has 1 aromatic heterocycles. The highest BCUT2D eigenvalue weighted by molar-refractivity contribution is 5.74. The van der Waals surface area contributed by atoms with Gasteiger partial charge in [-0.15, -0.1) is 0 Å². The smallest absolute Gasteiger partial charge is 0.351 e. The minimum atomic E-state index is -1.23. The van der Waals surface area contributed by atoms with Crippen molar-refractivity contribution in [2.24, 2.45) is 0 Å². The van der Waals surface area contributed by atoms with E-state index in [9.17, 15) is 19.8 Å². The molecule has 0 aromatic carbocycles. The van der Waals surface area contributed by atoms with Crippen LogP contribution in [0.2, 0.25) is 0 Å². The number of nitrogens with two attached hydrogens (primary N) is 1. The molecule has 0 spiro atoms. The monoisotopic (exact) mass is 299 g/mol. The maximum Gasteiger partial charge on any atom is 0.351 e. The molecule has 0 saturated carbocycles. The number of amides is 2. The Bertz CT molecular complexity index is 576. The largest absolute Gasteiger partial charge is 0.394 e. The van der Waals surface area contributed by atoms with Gasteiger partial charge in [-0.25, -0.2) is 9.59 Å². The summed E-state index contributed by atoms with van der Waals surface area (Å²) < 4.78 is 6.48. The lowest BCUT2D eigenvalue weighted by Crippen LogP contribution is -2.51. The van der Waals surface area contributed by atoms with Gasteiger partial charge in [-0.05, 0) is 6.07 Å². The van der Waals surface area contributed by atoms with Crippen LogP contribution in [0.15, 0.2) is 17.1 Å². The summed E-state index contributed by atoms with van der Waals surface area (Å²) in [5, 5.41) is 24.3. The number of aliphatic hydroxyl groups excluding tert-OH is 2. The lowest BCUT2D eigenvalue weighted by Gasteiger charge is -2.20. The fourth-order valence-electron chi connectivity index (χ4n) is 2.15. The number of nitrogen functional groups attached to an aromatic ring is 1. The van der Waals surface area contributed by atoms with Crippen LogP contribution in [0.5, 0.6) is 0 Å². The predicted octanol–water partition coefficient (Wildman–Crippen LogP) is -2.63. The van der Waals surface area contributed by atoms with Gasteiger partial charge in [0.2, 0.25) is 0 Å². The van der Waals surface area contributed by atoms with Crippen LogP contribution in [0, 0.1) is 0 Å². The number of hydrogen-bond acceptors (Lipinski definition) is 7. The molecule has 0 bridgehead atoms. The average Bonchev–Trinajstić information content (AvgIpc) is 2.76. The molecule has 21 heavy (non-hydrogen) atoms. The van der Waals surface area contributed by atoms with Crippen molar-refractivity contribution in [1.29, 1.82) is 0 Å². The van der Waals surface area contributed by atoms with E-state index in [1.807, 2.05) is 0 Å². The van der Waals surface area contributed by atoms with Crippen LogP contribution in [0.25, 0.3) is 0 Å². The SMILES string of the molecule is CNC(=O)NC1C(CO)OC(n2ccc(N)nc2=O)C1O. The third-order valence-electron chi connectivity index (χ3n) is 3.21. The van der Waals surface area contributed by atoms with Gasteiger partial charge >= 0.3 is 11.7 Å². The molecule has 2 heterocycles. The van der Waals surface area contributed by atoms with Gasteiger partial charge in [0.1, 0.15) is 18.0 Å². The normalized spacial score (nSPS) is 28.3. The maximum atomic E-state index is 11.8. The summed E-state index contributed by atoms with van der Waals surface area (Å²) in [7, 11) is 1.41. The number of rotatable bonds is 3. The molecule has 1 aliphatic heterocycles. The average molecular weight is 299 g/mol. The molecule has 1 saturated heterocycles. The van der Waals surface area contributed by atoms with E-state index in [2.05, 4.69) is 15.6 Å². The molecule has 10 nitrogen and oxygen atoms in total. The van der Waals surface area contributed by atoms with Crippen molar-refractivity contribution in [3.8, 4) is 0 Å². The Balaban J connectivity index is 2.26. The quantitative estimate of drug-likeness (QED) is 0.409. The molecule has 6 N–H and O–H groups in total. The van der Waals surface area contributed by atoms with Crippen LogP contribution in [-0.4, -0.2) is 57.7 Å². The highest BCUT2D eigenvalue weighted by atomic mass is 16.5. The van der Waals surface area contributed by atoms with Crippen LogP contribution >= 0.6 is 0 Å². The van der Waals surface area contributed by atoms with E-state index in [4.69, 9.17) is 10.5 Å². The van der Waals surface area contributed by atoms with Crippen molar-refractivity contribution in [2.75, 3.05) is 19.4 Å². The minimum Gasteiger partial charge on any atom is -0.394 e. The van der Waals surface area contributed by atoms with E-state index in [1.54, 1.807) is 0 Å². The number of carbonyl (C=O) groups is 1. The Labute approximate surface area is 119 Å². The molecule has 4 atom stereocenters. The summed E-state index contributed by atoms with van der Waals surface area (Å²) in [6.45, 7) is -0.431. The standard InChI is InChI=1S/C11H17N5O5/c1-13-10(19)15-7-5(4-17)21-9(8(7)18)16-3-2-6(12)14-11(16)20/h2-3,5,7-9,17-18H,4H2,1H3,(H2,12,14,20)(H2,13,15,19). The van der Waals surface area contributed by atoms with Crippen LogP contribution in [0.3, 0.4) is 0 Å². The van der Waals surface area contributed by atoms with Crippen LogP contribution < -0.4 is 22.1 Å². The van der Waals surface area contributed by atoms with E-state index >= 15 is 0 Å². The molecule has 1 aliphatic rings. The van der Waals surface area contributed by atoms with Gasteiger partial charge in [0.05, 0.1) is 12.6 Å². The molecule has 10 heteroatoms. The second kappa shape index (κ2) is 6.08. The van der Waals surface area contributed by atoms with E-state index < -0.39 is 42.8 Å². The molecule has 2 amide bonds. The van der Waals surface area contributed by atoms with Gasteiger partial charge in [0.15, 0.2) is 6.23 Å². The van der Waals surface area contributed by atoms with Gasteiger partial charge in [0, 0.05) is 13.2 Å². The summed E-state index contributed by atoms with van der Waals surface area (Å²) in [4.78, 5) is 26.7. The predicted molar refractivity (Wildman–Crippen MR) is 71.3 cm³/mol. The molecule has 0 aliphatic carbocycles. The molecular weight excluding hydrogens is 282 g/mol. The summed E-state index contributed by atoms with van der Waals surface area (Å²) >= 11 is 0. The van der Waals surface area contributed by atoms with E-state index in [-0.39, 0.29) is 5.82 Å². The topological polar surface area (TPSA) is 152 Å². The Kier molecular flexibility index (Phi) is 4.40. The first-order valence-electron chi connectivity index (χ1n) is 6.25. The number of urea groups is 1. The first-order chi connectivity index (χ1) is 9.97. The van der Waals surface area contributed by atoms with Crippen molar-refractivity contribution < 1.29 is 19.7 Å². The van der Waals surface area contributed by atoms with Gasteiger partial charge in [0.25, 0.3) is 0 Å². The van der Waals surface area contributed by atoms with Crippen molar-refractivity contribution in [2.45, 2.75) is 24.5 Å². The van der Waals surface area contributed by atoms with E-state index in [1.165, 1.54) is 19.3 Å². The molecular formula is C11H17N5O5. The fraction of sp³-hybridized carbons (Fsp3) is 0.545. The van der Waals surface area contributed by atoms with E-state index in [0.29, 0.717) is 0 Å². The highest BCUT2D eigenvalue weighted by Gasteiger charge is 2.45. The third kappa shape index (κ3) is 2.96. The first kappa shape index (κ1) is 15.2. The second-order valence-corrected chi connectivity index (χ2v) is 4.53. The zero-order chi connectivity index (χ0) is 15.6. The molecule has 1 fully saturated rings. The Morgan fingerprint density at radius 2 is 2.33 bits per heavy atom. The van der Waals surface area contributed by atoms with Gasteiger partial charge in [-0.2, -0.15) is 4.98 Å². The Morgan fingerprint density at radius 3 is 2.90 bits per heavy atom. The van der Waals surface area contributed by atoms with Gasteiger partial charge < -0.3 is 31.3 Å². The Morgan fingerprint density at radius 1 is 1.62 bits per heavy atom. The lowest BCUT2D eigenvalue weighted by molar-refractivity contribution is -0.0531. The summed E-state index contributed by atoms with van der Waals surface area (Å²) in [5.41, 5.74) is 4.69. The molecule has 0 radical (unpaired) electrons. The number of nitrogens with zero attached hydrogens (tertiary/aromatic N) is 2. The number of aliphatic hydroxyl groups is 2. The molecule has 1 aromatic rings. The summed E-state index contributed by atoms with van der Waals surface area (Å²) in [5.74, 6) is 0.0440. The summed E-state index contributed by atoms with van der Waals surface area (Å²) in [6, 6.07) is -0.0285. The minimum absolute atomic E-state index is 0.0440. The second-order valence-electron chi connectivity index (χ2n) is 4.53. The van der Waals surface area contributed by atoms with Crippen molar-refractivity contribution in [1.82, 2.24) is 20.2 Å². The number of carbonyl (C=O) groups excluding carboxylic acids is 1. The van der Waals surface area contributed by atoms with Crippen molar-refractivity contribution >= 4 is 11.8 Å². The zero-order valence-electron chi connectivity index (χ0n) is 11.3. The molecule has 116 valence electrons. The van der Waals surface area contributed by atoms with Gasteiger partial charge in [-0.1, -0.05) is 0 Å². The first-order valence-corrected chi connectivity index (χ1v) is 6.25. The van der Waals surface area contributed by atoms with E-state index in [0.717, 1.165) is 4.57 Å². The number of nitrogens with one attached hydrogen (secondary N) is 2. The van der Waals surface area contributed by atoms with Crippen LogP contribution in [0.1, 0.15) is 6.23 Å². The number of ether oxygens (including phenoxy) is 1. The highest BCUT2D eigenvalue weighted by Crippen LogP contribution is 2.28. The summed E-state index contributed by atoms with van der Waals surface area (Å²) in [6.07, 6.45) is -1.84. The number of anilines is 1. The van der Waals surface area contributed by atoms with Crippen molar-refractivity contribution in [3.05, 3.63) is 22.7 Å². The van der Waals surface area contributed by atoms with Crippen LogP contribution in [0.4, 0.5) is 10.6 Å². The molecule has 4 unspecified atom stereocenters. The molecule has 2 rings (SSSR count). The number of hydrogen-bond donors (Lipinski definition) is 5. The maximum absolute atomic E-state index is 11.8. The number of aromatic nitrogens is 2. The third-order valence-corrected chi connectivity index (χ3v) is 3.21. The Hall–Kier alpha value is -2.17. The van der Waals surface area contributed by atoms with Gasteiger partial charge in [-0.3, -0.25) is 4.57 Å². The van der Waals surface area contributed by atoms with Crippen molar-refractivity contribution in [3.63, 3.8) is 0 Å². The lowest BCUT2D eigenvalue weighted by atomic mass is 10.1. The zero-order valence-corrected chi connectivity index (χ0v) is 11.3.